The first-order valence-electron chi connectivity index (χ1n) is 9.68. The number of carbonyl (C=O) groups is 2. The summed E-state index contributed by atoms with van der Waals surface area (Å²) < 4.78 is 18.4. The monoisotopic (exact) mass is 474 g/mol. The molecule has 166 valence electrons. The predicted octanol–water partition coefficient (Wildman–Crippen LogP) is 3.86. The van der Waals surface area contributed by atoms with E-state index in [-0.39, 0.29) is 29.9 Å². The summed E-state index contributed by atoms with van der Waals surface area (Å²) in [6.45, 7) is 2.57. The van der Waals surface area contributed by atoms with E-state index < -0.39 is 5.91 Å². The Labute approximate surface area is 193 Å². The van der Waals surface area contributed by atoms with Gasteiger partial charge in [0.25, 0.3) is 11.8 Å². The molecule has 2 aromatic carbocycles. The van der Waals surface area contributed by atoms with Gasteiger partial charge < -0.3 is 15.4 Å². The van der Waals surface area contributed by atoms with Gasteiger partial charge in [-0.2, -0.15) is 0 Å². The summed E-state index contributed by atoms with van der Waals surface area (Å²) in [5.41, 5.74) is 1.55. The lowest BCUT2D eigenvalue weighted by Gasteiger charge is -2.06. The number of nitrogens with one attached hydrogen (secondary N) is 2. The van der Waals surface area contributed by atoms with Crippen LogP contribution in [0.15, 0.2) is 48.5 Å². The molecule has 0 saturated carbocycles. The Balaban J connectivity index is 1.57. The Morgan fingerprint density at radius 3 is 2.44 bits per heavy atom. The SMILES string of the molecule is CCNC(=O)COc1ccc(/C=C(\Cl)c2nnc(C(=O)NCc3ccc(F)cc3)s2)cc1. The highest BCUT2D eigenvalue weighted by Crippen LogP contribution is 2.26. The number of ether oxygens (including phenoxy) is 1. The summed E-state index contributed by atoms with van der Waals surface area (Å²) in [6.07, 6.45) is 1.69. The maximum Gasteiger partial charge on any atom is 0.282 e. The van der Waals surface area contributed by atoms with E-state index in [4.69, 9.17) is 16.3 Å². The van der Waals surface area contributed by atoms with Crippen LogP contribution in [0.3, 0.4) is 0 Å². The fourth-order valence-electron chi connectivity index (χ4n) is 2.54. The van der Waals surface area contributed by atoms with Gasteiger partial charge in [0.1, 0.15) is 11.6 Å². The molecule has 0 aliphatic heterocycles. The number of likely N-dealkylation sites (N-methyl/N-ethyl adjacent to an activating group) is 1. The Morgan fingerprint density at radius 2 is 1.75 bits per heavy atom. The van der Waals surface area contributed by atoms with Crippen molar-refractivity contribution < 1.29 is 18.7 Å². The normalized spacial score (nSPS) is 11.2. The molecule has 0 saturated heterocycles. The smallest absolute Gasteiger partial charge is 0.282 e. The summed E-state index contributed by atoms with van der Waals surface area (Å²) >= 11 is 7.40. The van der Waals surface area contributed by atoms with Crippen molar-refractivity contribution in [3.05, 3.63) is 75.5 Å². The molecule has 0 spiro atoms. The fourth-order valence-corrected chi connectivity index (χ4v) is 3.48. The zero-order chi connectivity index (χ0) is 22.9. The lowest BCUT2D eigenvalue weighted by Crippen LogP contribution is -2.28. The van der Waals surface area contributed by atoms with Crippen molar-refractivity contribution in [2.45, 2.75) is 13.5 Å². The van der Waals surface area contributed by atoms with E-state index in [1.807, 2.05) is 6.92 Å². The van der Waals surface area contributed by atoms with Crippen LogP contribution in [0, 0.1) is 5.82 Å². The molecule has 2 amide bonds. The van der Waals surface area contributed by atoms with Crippen LogP contribution in [-0.2, 0) is 11.3 Å². The first kappa shape index (κ1) is 23.4. The minimum absolute atomic E-state index is 0.0550. The largest absolute Gasteiger partial charge is 0.484 e. The summed E-state index contributed by atoms with van der Waals surface area (Å²) in [5.74, 6) is -0.359. The number of aromatic nitrogens is 2. The quantitative estimate of drug-likeness (QED) is 0.491. The second-order valence-electron chi connectivity index (χ2n) is 6.53. The van der Waals surface area contributed by atoms with Crippen LogP contribution in [0.4, 0.5) is 4.39 Å². The second-order valence-corrected chi connectivity index (χ2v) is 7.91. The van der Waals surface area contributed by atoms with Gasteiger partial charge in [0.2, 0.25) is 5.01 Å². The molecule has 0 aliphatic carbocycles. The van der Waals surface area contributed by atoms with Crippen molar-refractivity contribution in [3.63, 3.8) is 0 Å². The second kappa shape index (κ2) is 11.4. The van der Waals surface area contributed by atoms with Gasteiger partial charge in [0.15, 0.2) is 11.6 Å². The van der Waals surface area contributed by atoms with Gasteiger partial charge in [-0.1, -0.05) is 47.2 Å². The van der Waals surface area contributed by atoms with E-state index in [1.165, 1.54) is 12.1 Å². The highest BCUT2D eigenvalue weighted by molar-refractivity contribution is 7.15. The van der Waals surface area contributed by atoms with E-state index in [0.717, 1.165) is 22.5 Å². The Hall–Kier alpha value is -3.30. The molecule has 2 N–H and O–H groups in total. The molecule has 0 radical (unpaired) electrons. The van der Waals surface area contributed by atoms with Crippen molar-refractivity contribution >= 4 is 45.9 Å². The van der Waals surface area contributed by atoms with Crippen LogP contribution < -0.4 is 15.4 Å². The van der Waals surface area contributed by atoms with Crippen LogP contribution >= 0.6 is 22.9 Å². The van der Waals surface area contributed by atoms with Gasteiger partial charge in [-0.3, -0.25) is 9.59 Å². The number of halogens is 2. The number of hydrogen-bond acceptors (Lipinski definition) is 6. The topological polar surface area (TPSA) is 93.2 Å². The van der Waals surface area contributed by atoms with Gasteiger partial charge in [0.05, 0.1) is 5.03 Å². The van der Waals surface area contributed by atoms with Crippen LogP contribution in [0.2, 0.25) is 0 Å². The average molecular weight is 475 g/mol. The highest BCUT2D eigenvalue weighted by Gasteiger charge is 2.14. The van der Waals surface area contributed by atoms with E-state index in [1.54, 1.807) is 42.5 Å². The van der Waals surface area contributed by atoms with Gasteiger partial charge in [-0.05, 0) is 48.4 Å². The average Bonchev–Trinajstić information content (AvgIpc) is 3.29. The van der Waals surface area contributed by atoms with Crippen LogP contribution in [0.25, 0.3) is 11.1 Å². The van der Waals surface area contributed by atoms with Crippen molar-refractivity contribution in [2.75, 3.05) is 13.2 Å². The minimum atomic E-state index is -0.392. The first-order valence-corrected chi connectivity index (χ1v) is 10.9. The molecule has 3 rings (SSSR count). The minimum Gasteiger partial charge on any atom is -0.484 e. The third kappa shape index (κ3) is 6.86. The molecule has 7 nitrogen and oxygen atoms in total. The number of benzene rings is 2. The van der Waals surface area contributed by atoms with Gasteiger partial charge in [0, 0.05) is 13.1 Å². The molecule has 0 bridgehead atoms. The van der Waals surface area contributed by atoms with Crippen molar-refractivity contribution in [1.82, 2.24) is 20.8 Å². The summed E-state index contributed by atoms with van der Waals surface area (Å²) in [7, 11) is 0. The van der Waals surface area contributed by atoms with Gasteiger partial charge >= 0.3 is 0 Å². The van der Waals surface area contributed by atoms with E-state index in [0.29, 0.717) is 22.3 Å². The molecule has 1 heterocycles. The Morgan fingerprint density at radius 1 is 1.06 bits per heavy atom. The maximum atomic E-state index is 13.0. The molecule has 1 aromatic heterocycles. The number of rotatable bonds is 9. The summed E-state index contributed by atoms with van der Waals surface area (Å²) in [5, 5.41) is 14.1. The maximum absolute atomic E-state index is 13.0. The summed E-state index contributed by atoms with van der Waals surface area (Å²) in [4.78, 5) is 23.7. The van der Waals surface area contributed by atoms with Crippen LogP contribution in [0.1, 0.15) is 32.9 Å². The molecular formula is C22H20ClFN4O3S. The third-order valence-electron chi connectivity index (χ3n) is 4.11. The zero-order valence-electron chi connectivity index (χ0n) is 17.1. The standard InChI is InChI=1S/C22H20ClFN4O3S/c1-2-25-19(29)13-31-17-9-5-14(6-10-17)11-18(23)21-27-28-22(32-21)20(30)26-12-15-3-7-16(24)8-4-15/h3-11H,2,12-13H2,1H3,(H,25,29)(H,26,30)/b18-11-. The highest BCUT2D eigenvalue weighted by atomic mass is 35.5. The lowest BCUT2D eigenvalue weighted by atomic mass is 10.2. The predicted molar refractivity (Wildman–Crippen MR) is 122 cm³/mol. The first-order chi connectivity index (χ1) is 15.4. The van der Waals surface area contributed by atoms with E-state index in [2.05, 4.69) is 20.8 Å². The van der Waals surface area contributed by atoms with Gasteiger partial charge in [-0.15, -0.1) is 10.2 Å². The van der Waals surface area contributed by atoms with E-state index >= 15 is 0 Å². The number of amides is 2. The molecule has 32 heavy (non-hydrogen) atoms. The molecular weight excluding hydrogens is 455 g/mol. The number of hydrogen-bond donors (Lipinski definition) is 2. The van der Waals surface area contributed by atoms with Crippen molar-refractivity contribution in [2.24, 2.45) is 0 Å². The zero-order valence-corrected chi connectivity index (χ0v) is 18.7. The fraction of sp³-hybridized carbons (Fsp3) is 0.182. The molecule has 0 fully saturated rings. The third-order valence-corrected chi connectivity index (χ3v) is 5.46. The number of carbonyl (C=O) groups excluding carboxylic acids is 2. The molecule has 3 aromatic rings. The van der Waals surface area contributed by atoms with E-state index in [9.17, 15) is 14.0 Å². The molecule has 0 atom stereocenters. The van der Waals surface area contributed by atoms with Crippen molar-refractivity contribution in [3.8, 4) is 5.75 Å². The van der Waals surface area contributed by atoms with Crippen LogP contribution in [-0.4, -0.2) is 35.2 Å². The molecule has 0 unspecified atom stereocenters. The number of nitrogens with zero attached hydrogens (tertiary/aromatic N) is 2. The summed E-state index contributed by atoms with van der Waals surface area (Å²) in [6, 6.07) is 12.9. The molecule has 10 heteroatoms. The van der Waals surface area contributed by atoms with Crippen molar-refractivity contribution in [1.29, 1.82) is 0 Å². The molecule has 0 aliphatic rings. The van der Waals surface area contributed by atoms with Crippen LogP contribution in [0.5, 0.6) is 5.75 Å². The van der Waals surface area contributed by atoms with Gasteiger partial charge in [-0.25, -0.2) is 4.39 Å². The lowest BCUT2D eigenvalue weighted by molar-refractivity contribution is -0.122. The Kier molecular flexibility index (Phi) is 8.29. The Bertz CT molecular complexity index is 1100.